The number of nitrogens with one attached hydrogen (secondary N) is 2. The van der Waals surface area contributed by atoms with Crippen LogP contribution < -0.4 is 10.0 Å². The maximum Gasteiger partial charge on any atom is 0.241 e. The Kier molecular flexibility index (Phi) is 14.8. The molecule has 10 nitrogen and oxygen atoms in total. The Hall–Kier alpha value is -5.50. The predicted molar refractivity (Wildman–Crippen MR) is 250 cm³/mol. The van der Waals surface area contributed by atoms with Crippen LogP contribution in [-0.2, 0) is 50.4 Å². The summed E-state index contributed by atoms with van der Waals surface area (Å²) in [4.78, 5) is 18.9. The Morgan fingerprint density at radius 1 is 0.688 bits per heavy atom. The molecular weight excluding hydrogens is 821 g/mol. The van der Waals surface area contributed by atoms with Gasteiger partial charge in [0.2, 0.25) is 15.9 Å². The number of amides is 1. The first-order valence-electron chi connectivity index (χ1n) is 22.2. The number of nitrogens with zero attached hydrogens (tertiary/aromatic N) is 2. The van der Waals surface area contributed by atoms with E-state index in [9.17, 15) is 18.3 Å². The maximum absolute atomic E-state index is 13.7. The SMILES string of the molecule is Cc1ccc(S(=O)(=O)NC(Cc2ccccc2)C(=O)NCc2cccc(-c3ccc(C4OC(CN5CCN(Cc6ccccc6)CC5)C(C)C(c5ccc(CO)cc5)O4)cc3)c2)cc1. The molecule has 0 aromatic heterocycles. The quantitative estimate of drug-likeness (QED) is 0.0897. The van der Waals surface area contributed by atoms with Crippen LogP contribution in [0, 0.1) is 12.8 Å². The summed E-state index contributed by atoms with van der Waals surface area (Å²) in [6.45, 7) is 10.0. The van der Waals surface area contributed by atoms with Crippen LogP contribution in [0.25, 0.3) is 11.1 Å². The van der Waals surface area contributed by atoms with Crippen LogP contribution in [0.15, 0.2) is 163 Å². The van der Waals surface area contributed by atoms with Crippen LogP contribution in [0.5, 0.6) is 0 Å². The standard InChI is InChI=1S/C53H58N4O6S/c1-38-16-26-48(27-17-38)64(60,61)55-49(33-40-10-5-3-6-11-40)52(59)54-34-43-14-9-15-47(32-43)44-22-24-46(25-23-44)53-62-50(39(2)51(63-53)45-20-18-42(37-58)19-21-45)36-57-30-28-56(29-31-57)35-41-12-7-4-8-13-41/h3-27,32,39,49-51,53,55,58H,28-31,33-37H2,1-2H3,(H,54,59). The number of aliphatic hydroxyl groups excluding tert-OH is 1. The van der Waals surface area contributed by atoms with Gasteiger partial charge in [0.15, 0.2) is 6.29 Å². The van der Waals surface area contributed by atoms with Crippen molar-refractivity contribution < 1.29 is 27.8 Å². The lowest BCUT2D eigenvalue weighted by Crippen LogP contribution is -2.51. The topological polar surface area (TPSA) is 120 Å². The second-order valence-electron chi connectivity index (χ2n) is 17.1. The monoisotopic (exact) mass is 878 g/mol. The van der Waals surface area contributed by atoms with Gasteiger partial charge in [-0.15, -0.1) is 0 Å². The highest BCUT2D eigenvalue weighted by molar-refractivity contribution is 7.89. The molecule has 332 valence electrons. The third-order valence-electron chi connectivity index (χ3n) is 12.4. The van der Waals surface area contributed by atoms with E-state index in [0.717, 1.165) is 83.8 Å². The number of carbonyl (C=O) groups is 1. The highest BCUT2D eigenvalue weighted by Crippen LogP contribution is 2.42. The van der Waals surface area contributed by atoms with Gasteiger partial charge in [-0.05, 0) is 70.5 Å². The molecule has 0 radical (unpaired) electrons. The predicted octanol–water partition coefficient (Wildman–Crippen LogP) is 7.97. The summed E-state index contributed by atoms with van der Waals surface area (Å²) in [6.07, 6.45) is -0.654. The molecule has 0 bridgehead atoms. The number of hydrogen-bond donors (Lipinski definition) is 3. The number of hydrogen-bond acceptors (Lipinski definition) is 8. The molecule has 2 aliphatic rings. The van der Waals surface area contributed by atoms with E-state index in [4.69, 9.17) is 9.47 Å². The molecule has 8 rings (SSSR count). The number of rotatable bonds is 16. The number of ether oxygens (including phenoxy) is 2. The minimum atomic E-state index is -3.96. The smallest absolute Gasteiger partial charge is 0.241 e. The molecule has 64 heavy (non-hydrogen) atoms. The molecule has 6 aromatic rings. The second-order valence-corrected chi connectivity index (χ2v) is 18.8. The van der Waals surface area contributed by atoms with Crippen LogP contribution >= 0.6 is 0 Å². The van der Waals surface area contributed by atoms with Crippen molar-refractivity contribution in [2.24, 2.45) is 5.92 Å². The third-order valence-corrected chi connectivity index (χ3v) is 13.9. The fraction of sp³-hybridized carbons (Fsp3) is 0.302. The van der Waals surface area contributed by atoms with E-state index >= 15 is 0 Å². The molecule has 2 aliphatic heterocycles. The number of aryl methyl sites for hydroxylation is 1. The van der Waals surface area contributed by atoms with Gasteiger partial charge in [0.05, 0.1) is 23.7 Å². The van der Waals surface area contributed by atoms with Crippen LogP contribution in [0.2, 0.25) is 0 Å². The minimum absolute atomic E-state index is 0.00995. The Balaban J connectivity index is 0.937. The maximum atomic E-state index is 13.7. The van der Waals surface area contributed by atoms with Gasteiger partial charge >= 0.3 is 0 Å². The van der Waals surface area contributed by atoms with Crippen molar-refractivity contribution in [1.29, 1.82) is 0 Å². The fourth-order valence-corrected chi connectivity index (χ4v) is 9.77. The number of benzene rings is 6. The van der Waals surface area contributed by atoms with Gasteiger partial charge in [0.1, 0.15) is 6.04 Å². The van der Waals surface area contributed by atoms with Crippen molar-refractivity contribution in [3.8, 4) is 11.1 Å². The number of sulfonamides is 1. The van der Waals surface area contributed by atoms with E-state index in [1.807, 2.05) is 73.7 Å². The van der Waals surface area contributed by atoms with Crippen molar-refractivity contribution in [2.75, 3.05) is 32.7 Å². The molecule has 0 saturated carbocycles. The Morgan fingerprint density at radius 3 is 1.98 bits per heavy atom. The van der Waals surface area contributed by atoms with Gasteiger partial charge in [-0.1, -0.05) is 152 Å². The van der Waals surface area contributed by atoms with E-state index in [1.165, 1.54) is 5.56 Å². The first-order chi connectivity index (χ1) is 31.1. The van der Waals surface area contributed by atoms with Gasteiger partial charge in [0, 0.05) is 57.3 Å². The summed E-state index contributed by atoms with van der Waals surface area (Å²) >= 11 is 0. The highest BCUT2D eigenvalue weighted by atomic mass is 32.2. The van der Waals surface area contributed by atoms with Gasteiger partial charge < -0.3 is 19.9 Å². The molecule has 11 heteroatoms. The first kappa shape index (κ1) is 45.1. The number of carbonyl (C=O) groups excluding carboxylic acids is 1. The molecule has 2 heterocycles. The lowest BCUT2D eigenvalue weighted by Gasteiger charge is -2.44. The van der Waals surface area contributed by atoms with E-state index in [0.29, 0.717) is 0 Å². The molecule has 6 aromatic carbocycles. The third kappa shape index (κ3) is 11.6. The van der Waals surface area contributed by atoms with Crippen molar-refractivity contribution in [3.63, 3.8) is 0 Å². The number of piperazine rings is 1. The first-order valence-corrected chi connectivity index (χ1v) is 23.7. The minimum Gasteiger partial charge on any atom is -0.392 e. The molecule has 3 N–H and O–H groups in total. The average molecular weight is 879 g/mol. The van der Waals surface area contributed by atoms with E-state index in [-0.39, 0.29) is 42.6 Å². The van der Waals surface area contributed by atoms with Crippen molar-refractivity contribution in [1.82, 2.24) is 19.8 Å². The molecule has 1 amide bonds. The zero-order chi connectivity index (χ0) is 44.5. The van der Waals surface area contributed by atoms with E-state index < -0.39 is 28.3 Å². The summed E-state index contributed by atoms with van der Waals surface area (Å²) < 4.78 is 43.1. The molecule has 0 spiro atoms. The van der Waals surface area contributed by atoms with Crippen molar-refractivity contribution >= 4 is 15.9 Å². The van der Waals surface area contributed by atoms with Gasteiger partial charge in [-0.3, -0.25) is 14.6 Å². The van der Waals surface area contributed by atoms with Gasteiger partial charge in [-0.25, -0.2) is 8.42 Å². The van der Waals surface area contributed by atoms with Crippen molar-refractivity contribution in [3.05, 3.63) is 197 Å². The Bertz CT molecular complexity index is 2530. The normalized spacial score (nSPS) is 20.1. The average Bonchev–Trinajstić information content (AvgIpc) is 3.33. The van der Waals surface area contributed by atoms with E-state index in [1.54, 1.807) is 24.3 Å². The largest absolute Gasteiger partial charge is 0.392 e. The second kappa shape index (κ2) is 21.0. The molecule has 5 atom stereocenters. The molecular formula is C53H58N4O6S. The van der Waals surface area contributed by atoms with Crippen LogP contribution in [0.4, 0.5) is 0 Å². The Morgan fingerprint density at radius 2 is 1.31 bits per heavy atom. The van der Waals surface area contributed by atoms with Gasteiger partial charge in [0.25, 0.3) is 0 Å². The highest BCUT2D eigenvalue weighted by Gasteiger charge is 2.39. The summed E-state index contributed by atoms with van der Waals surface area (Å²) in [5.41, 5.74) is 8.82. The molecule has 5 unspecified atom stereocenters. The lowest BCUT2D eigenvalue weighted by atomic mass is 9.89. The molecule has 0 aliphatic carbocycles. The Labute approximate surface area is 377 Å². The lowest BCUT2D eigenvalue weighted by molar-refractivity contribution is -0.276. The zero-order valence-electron chi connectivity index (χ0n) is 36.6. The summed E-state index contributed by atoms with van der Waals surface area (Å²) in [5.74, 6) is -0.328. The molecule has 2 saturated heterocycles. The van der Waals surface area contributed by atoms with Crippen LogP contribution in [-0.4, -0.2) is 74.1 Å². The summed E-state index contributed by atoms with van der Waals surface area (Å²) in [5, 5.41) is 12.7. The summed E-state index contributed by atoms with van der Waals surface area (Å²) in [6, 6.07) is 49.9. The van der Waals surface area contributed by atoms with Crippen LogP contribution in [0.1, 0.15) is 58.3 Å². The number of aliphatic hydroxyl groups is 1. The summed E-state index contributed by atoms with van der Waals surface area (Å²) in [7, 11) is -3.96. The van der Waals surface area contributed by atoms with Gasteiger partial charge in [-0.2, -0.15) is 4.72 Å². The zero-order valence-corrected chi connectivity index (χ0v) is 37.4. The van der Waals surface area contributed by atoms with Crippen LogP contribution in [0.3, 0.4) is 0 Å². The fourth-order valence-electron chi connectivity index (χ4n) is 8.57. The van der Waals surface area contributed by atoms with E-state index in [2.05, 4.69) is 93.5 Å². The van der Waals surface area contributed by atoms with Crippen molar-refractivity contribution in [2.45, 2.75) is 69.4 Å². The molecule has 2 fully saturated rings.